The molecule has 0 aliphatic carbocycles. The van der Waals surface area contributed by atoms with Crippen molar-refractivity contribution in [2.45, 2.75) is 25.0 Å². The molecule has 0 aromatic heterocycles. The van der Waals surface area contributed by atoms with Crippen molar-refractivity contribution < 1.29 is 15.0 Å². The van der Waals surface area contributed by atoms with Gasteiger partial charge in [0.2, 0.25) is 0 Å². The zero-order valence-electron chi connectivity index (χ0n) is 13.6. The van der Waals surface area contributed by atoms with Crippen LogP contribution in [0.25, 0.3) is 0 Å². The molecule has 0 radical (unpaired) electrons. The number of benzene rings is 2. The number of rotatable bonds is 6. The molecule has 0 amide bonds. The van der Waals surface area contributed by atoms with E-state index in [1.54, 1.807) is 6.92 Å². The maximum absolute atomic E-state index is 11.4. The molecule has 4 nitrogen and oxygen atoms in total. The highest BCUT2D eigenvalue weighted by Gasteiger charge is 2.23. The Labute approximate surface area is 142 Å². The number of carboxylic acid groups (broad SMARTS) is 1. The van der Waals surface area contributed by atoms with Gasteiger partial charge in [0.05, 0.1) is 0 Å². The number of hydrogen-bond donors (Lipinski definition) is 3. The van der Waals surface area contributed by atoms with E-state index in [1.807, 2.05) is 60.7 Å². The van der Waals surface area contributed by atoms with E-state index in [0.717, 1.165) is 11.1 Å². The molecule has 2 rings (SSSR count). The second kappa shape index (κ2) is 8.30. The predicted molar refractivity (Wildman–Crippen MR) is 93.5 cm³/mol. The maximum Gasteiger partial charge on any atom is 0.321 e. The van der Waals surface area contributed by atoms with Gasteiger partial charge >= 0.3 is 5.97 Å². The number of nitrogens with one attached hydrogen (secondary N) is 1. The average Bonchev–Trinajstić information content (AvgIpc) is 2.58. The molecule has 0 spiro atoms. The molecule has 3 N–H and O–H groups in total. The first-order valence-electron chi connectivity index (χ1n) is 7.77. The lowest BCUT2D eigenvalue weighted by Crippen LogP contribution is -2.46. The quantitative estimate of drug-likeness (QED) is 0.712. The highest BCUT2D eigenvalue weighted by molar-refractivity contribution is 5.73. The molecule has 0 fully saturated rings. The van der Waals surface area contributed by atoms with Crippen LogP contribution < -0.4 is 5.32 Å². The average molecular weight is 323 g/mol. The topological polar surface area (TPSA) is 69.6 Å². The minimum absolute atomic E-state index is 0.0661. The van der Waals surface area contributed by atoms with E-state index in [1.165, 1.54) is 0 Å². The van der Waals surface area contributed by atoms with Gasteiger partial charge in [-0.05, 0) is 31.0 Å². The Morgan fingerprint density at radius 3 is 2.29 bits per heavy atom. The third kappa shape index (κ3) is 5.88. The molecule has 24 heavy (non-hydrogen) atoms. The third-order valence-electron chi connectivity index (χ3n) is 3.52. The fourth-order valence-corrected chi connectivity index (χ4v) is 2.19. The Balaban J connectivity index is 1.98. The summed E-state index contributed by atoms with van der Waals surface area (Å²) in [6.45, 7) is 1.63. The number of aliphatic hydroxyl groups is 1. The molecule has 0 bridgehead atoms. The van der Waals surface area contributed by atoms with Crippen LogP contribution in [0.15, 0.2) is 60.7 Å². The first kappa shape index (κ1) is 17.7. The number of aliphatic carboxylic acids is 1. The van der Waals surface area contributed by atoms with Gasteiger partial charge in [0.1, 0.15) is 11.6 Å². The van der Waals surface area contributed by atoms with Crippen LogP contribution in [0.2, 0.25) is 0 Å². The van der Waals surface area contributed by atoms with Gasteiger partial charge < -0.3 is 15.5 Å². The fourth-order valence-electron chi connectivity index (χ4n) is 2.19. The van der Waals surface area contributed by atoms with Gasteiger partial charge in [-0.1, -0.05) is 60.4 Å². The summed E-state index contributed by atoms with van der Waals surface area (Å²) >= 11 is 0. The molecular weight excluding hydrogens is 302 g/mol. The van der Waals surface area contributed by atoms with Crippen molar-refractivity contribution in [3.63, 3.8) is 0 Å². The van der Waals surface area contributed by atoms with E-state index in [4.69, 9.17) is 0 Å². The van der Waals surface area contributed by atoms with Crippen LogP contribution in [-0.2, 0) is 11.2 Å². The Morgan fingerprint density at radius 2 is 1.71 bits per heavy atom. The Hall–Kier alpha value is -2.61. The van der Waals surface area contributed by atoms with E-state index >= 15 is 0 Å². The zero-order chi connectivity index (χ0) is 17.4. The summed E-state index contributed by atoms with van der Waals surface area (Å²) in [5, 5.41) is 22.6. The Morgan fingerprint density at radius 1 is 1.12 bits per heavy atom. The second-order valence-electron chi connectivity index (χ2n) is 5.85. The molecular formula is C20H21NO3. The molecule has 4 heteroatoms. The lowest BCUT2D eigenvalue weighted by atomic mass is 10.0. The van der Waals surface area contributed by atoms with Gasteiger partial charge in [0.25, 0.3) is 0 Å². The number of hydrogen-bond acceptors (Lipinski definition) is 3. The van der Waals surface area contributed by atoms with Crippen LogP contribution in [0.3, 0.4) is 0 Å². The molecule has 0 saturated heterocycles. The zero-order valence-corrected chi connectivity index (χ0v) is 13.6. The van der Waals surface area contributed by atoms with Crippen molar-refractivity contribution in [1.82, 2.24) is 5.32 Å². The summed E-state index contributed by atoms with van der Waals surface area (Å²) in [6, 6.07) is 18.0. The summed E-state index contributed by atoms with van der Waals surface area (Å²) in [5.41, 5.74) is 0.407. The smallest absolute Gasteiger partial charge is 0.321 e. The first-order chi connectivity index (χ1) is 11.5. The van der Waals surface area contributed by atoms with Gasteiger partial charge in [0.15, 0.2) is 0 Å². The number of carbonyl (C=O) groups is 1. The first-order valence-corrected chi connectivity index (χ1v) is 7.77. The van der Waals surface area contributed by atoms with Crippen molar-refractivity contribution in [3.8, 4) is 11.8 Å². The molecule has 124 valence electrons. The predicted octanol–water partition coefficient (Wildman–Crippen LogP) is 2.07. The monoisotopic (exact) mass is 323 g/mol. The summed E-state index contributed by atoms with van der Waals surface area (Å²) in [6.07, 6.45) is 0.346. The van der Waals surface area contributed by atoms with Crippen LogP contribution in [0, 0.1) is 11.8 Å². The van der Waals surface area contributed by atoms with Crippen molar-refractivity contribution in [2.75, 3.05) is 6.54 Å². The molecule has 0 unspecified atom stereocenters. The van der Waals surface area contributed by atoms with Crippen LogP contribution >= 0.6 is 0 Å². The molecule has 2 aromatic rings. The van der Waals surface area contributed by atoms with Crippen molar-refractivity contribution in [1.29, 1.82) is 0 Å². The van der Waals surface area contributed by atoms with Crippen LogP contribution in [0.1, 0.15) is 18.1 Å². The summed E-state index contributed by atoms with van der Waals surface area (Å²) in [7, 11) is 0. The third-order valence-corrected chi connectivity index (χ3v) is 3.52. The van der Waals surface area contributed by atoms with Crippen LogP contribution in [0.4, 0.5) is 0 Å². The molecule has 0 aliphatic heterocycles. The van der Waals surface area contributed by atoms with Crippen molar-refractivity contribution in [2.24, 2.45) is 0 Å². The lowest BCUT2D eigenvalue weighted by Gasteiger charge is -2.21. The van der Waals surface area contributed by atoms with E-state index in [-0.39, 0.29) is 6.54 Å². The summed E-state index contributed by atoms with van der Waals surface area (Å²) < 4.78 is 0. The molecule has 0 heterocycles. The summed E-state index contributed by atoms with van der Waals surface area (Å²) in [4.78, 5) is 11.4. The molecule has 2 atom stereocenters. The van der Waals surface area contributed by atoms with E-state index in [9.17, 15) is 15.0 Å². The molecule has 0 saturated carbocycles. The summed E-state index contributed by atoms with van der Waals surface area (Å²) in [5.74, 6) is 4.73. The maximum atomic E-state index is 11.4. The minimum atomic E-state index is -1.32. The van der Waals surface area contributed by atoms with Gasteiger partial charge in [-0.25, -0.2) is 0 Å². The number of carboxylic acids is 1. The Kier molecular flexibility index (Phi) is 6.14. The largest absolute Gasteiger partial charge is 0.480 e. The van der Waals surface area contributed by atoms with Crippen molar-refractivity contribution >= 4 is 5.97 Å². The second-order valence-corrected chi connectivity index (χ2v) is 5.85. The van der Waals surface area contributed by atoms with Crippen LogP contribution in [0.5, 0.6) is 0 Å². The normalized spacial score (nSPS) is 14.1. The van der Waals surface area contributed by atoms with E-state index in [2.05, 4.69) is 17.2 Å². The van der Waals surface area contributed by atoms with E-state index in [0.29, 0.717) is 6.42 Å². The van der Waals surface area contributed by atoms with Gasteiger partial charge in [-0.3, -0.25) is 4.79 Å². The highest BCUT2D eigenvalue weighted by atomic mass is 16.4. The van der Waals surface area contributed by atoms with Crippen LogP contribution in [-0.4, -0.2) is 34.4 Å². The standard InChI is InChI=1S/C20H21NO3/c1-20(24,13-12-16-8-4-2-5-9-16)15-21-18(19(22)23)14-17-10-6-3-7-11-17/h2-11,18,21,24H,14-15H2,1H3,(H,22,23)/t18-,20-/m1/s1. The van der Waals surface area contributed by atoms with Gasteiger partial charge in [0, 0.05) is 12.1 Å². The molecule has 0 aliphatic rings. The highest BCUT2D eigenvalue weighted by Crippen LogP contribution is 2.06. The van der Waals surface area contributed by atoms with Crippen molar-refractivity contribution in [3.05, 3.63) is 71.8 Å². The minimum Gasteiger partial charge on any atom is -0.480 e. The van der Waals surface area contributed by atoms with Gasteiger partial charge in [-0.15, -0.1) is 0 Å². The SMILES string of the molecule is C[C@@](O)(C#Cc1ccccc1)CN[C@H](Cc1ccccc1)C(=O)O. The van der Waals surface area contributed by atoms with Gasteiger partial charge in [-0.2, -0.15) is 0 Å². The van der Waals surface area contributed by atoms with E-state index < -0.39 is 17.6 Å². The molecule has 2 aromatic carbocycles. The lowest BCUT2D eigenvalue weighted by molar-refractivity contribution is -0.139. The fraction of sp³-hybridized carbons (Fsp3) is 0.250. The Bertz CT molecular complexity index is 715.